The quantitative estimate of drug-likeness (QED) is 0.443. The molecular formula is C6H8BNO3. The molecule has 5 heteroatoms. The van der Waals surface area contributed by atoms with Gasteiger partial charge in [0.1, 0.15) is 14.0 Å². The van der Waals surface area contributed by atoms with Gasteiger partial charge in [0.25, 0.3) is 0 Å². The van der Waals surface area contributed by atoms with Crippen molar-refractivity contribution >= 4 is 7.85 Å². The molecule has 0 aromatic carbocycles. The Morgan fingerprint density at radius 3 is 2.55 bits per heavy atom. The van der Waals surface area contributed by atoms with Crippen LogP contribution in [0.15, 0.2) is 0 Å². The van der Waals surface area contributed by atoms with Crippen molar-refractivity contribution in [1.82, 2.24) is 0 Å². The normalized spacial score (nSPS) is 43.7. The van der Waals surface area contributed by atoms with Crippen molar-refractivity contribution in [3.63, 3.8) is 0 Å². The highest BCUT2D eigenvalue weighted by Gasteiger charge is 2.40. The summed E-state index contributed by atoms with van der Waals surface area (Å²) in [5, 5.41) is 26.3. The molecule has 0 aromatic heterocycles. The molecule has 1 saturated heterocycles. The van der Waals surface area contributed by atoms with Crippen molar-refractivity contribution in [1.29, 1.82) is 5.26 Å². The van der Waals surface area contributed by atoms with Crippen LogP contribution >= 0.6 is 0 Å². The first-order valence-corrected chi connectivity index (χ1v) is 3.30. The topological polar surface area (TPSA) is 73.5 Å². The predicted molar refractivity (Wildman–Crippen MR) is 36.6 cm³/mol. The van der Waals surface area contributed by atoms with Crippen LogP contribution in [0.1, 0.15) is 0 Å². The molecule has 0 aliphatic carbocycles. The number of nitrogens with zero attached hydrogens (tertiary/aromatic N) is 1. The van der Waals surface area contributed by atoms with Crippen molar-refractivity contribution in [3.8, 4) is 6.07 Å². The van der Waals surface area contributed by atoms with Gasteiger partial charge in [0.15, 0.2) is 0 Å². The summed E-state index contributed by atoms with van der Waals surface area (Å²) in [6, 6.07) is 1.03. The molecule has 1 aliphatic heterocycles. The van der Waals surface area contributed by atoms with Crippen LogP contribution in [0.5, 0.6) is 0 Å². The second-order valence-electron chi connectivity index (χ2n) is 2.47. The zero-order valence-electron chi connectivity index (χ0n) is 5.84. The van der Waals surface area contributed by atoms with Gasteiger partial charge in [0, 0.05) is 6.00 Å². The van der Waals surface area contributed by atoms with Gasteiger partial charge in [-0.3, -0.25) is 0 Å². The van der Waals surface area contributed by atoms with Crippen LogP contribution in [-0.4, -0.2) is 42.9 Å². The monoisotopic (exact) mass is 153 g/mol. The molecule has 0 aromatic rings. The summed E-state index contributed by atoms with van der Waals surface area (Å²) in [5.41, 5.74) is 0. The van der Waals surface area contributed by atoms with Gasteiger partial charge in [-0.25, -0.2) is 0 Å². The Hall–Kier alpha value is -0.565. The molecule has 0 amide bonds. The van der Waals surface area contributed by atoms with Crippen LogP contribution in [-0.2, 0) is 4.74 Å². The lowest BCUT2D eigenvalue weighted by atomic mass is 9.86. The van der Waals surface area contributed by atoms with E-state index in [1.807, 2.05) is 6.07 Å². The van der Waals surface area contributed by atoms with Crippen molar-refractivity contribution in [2.24, 2.45) is 5.92 Å². The Labute approximate surface area is 65.8 Å². The van der Waals surface area contributed by atoms with Crippen molar-refractivity contribution in [3.05, 3.63) is 0 Å². The Kier molecular flexibility index (Phi) is 2.50. The maximum atomic E-state index is 9.23. The van der Waals surface area contributed by atoms with E-state index in [2.05, 4.69) is 0 Å². The minimum Gasteiger partial charge on any atom is -0.394 e. The van der Waals surface area contributed by atoms with Crippen molar-refractivity contribution in [2.45, 2.75) is 18.2 Å². The maximum Gasteiger partial charge on any atom is 0.110 e. The van der Waals surface area contributed by atoms with Gasteiger partial charge in [-0.2, -0.15) is 5.26 Å². The molecule has 2 radical (unpaired) electrons. The van der Waals surface area contributed by atoms with Gasteiger partial charge >= 0.3 is 0 Å². The largest absolute Gasteiger partial charge is 0.394 e. The first-order chi connectivity index (χ1) is 5.20. The van der Waals surface area contributed by atoms with Gasteiger partial charge in [0.2, 0.25) is 0 Å². The summed E-state index contributed by atoms with van der Waals surface area (Å²) >= 11 is 0. The SMILES string of the molecule is [B][C@@H]1O[C@H](CO)C(O)[C@@H]1C#N. The molecule has 1 fully saturated rings. The van der Waals surface area contributed by atoms with E-state index in [0.29, 0.717) is 0 Å². The van der Waals surface area contributed by atoms with E-state index in [0.717, 1.165) is 0 Å². The molecule has 1 aliphatic rings. The lowest BCUT2D eigenvalue weighted by Crippen LogP contribution is -2.28. The fraction of sp³-hybridized carbons (Fsp3) is 0.833. The number of ether oxygens (including phenoxy) is 1. The molecule has 1 heterocycles. The lowest BCUT2D eigenvalue weighted by Gasteiger charge is -2.09. The number of hydrogen-bond acceptors (Lipinski definition) is 4. The number of rotatable bonds is 1. The third kappa shape index (κ3) is 1.38. The molecule has 58 valence electrons. The second-order valence-corrected chi connectivity index (χ2v) is 2.47. The highest BCUT2D eigenvalue weighted by atomic mass is 16.5. The van der Waals surface area contributed by atoms with Crippen LogP contribution in [0.2, 0.25) is 0 Å². The molecule has 1 rings (SSSR count). The summed E-state index contributed by atoms with van der Waals surface area (Å²) in [7, 11) is 5.33. The van der Waals surface area contributed by atoms with E-state index in [1.54, 1.807) is 0 Å². The van der Waals surface area contributed by atoms with Crippen LogP contribution in [0, 0.1) is 17.2 Å². The zero-order chi connectivity index (χ0) is 8.43. The molecule has 4 atom stereocenters. The number of hydrogen-bond donors (Lipinski definition) is 2. The molecule has 0 saturated carbocycles. The van der Waals surface area contributed by atoms with Gasteiger partial charge in [-0.1, -0.05) is 0 Å². The maximum absolute atomic E-state index is 9.23. The van der Waals surface area contributed by atoms with Crippen LogP contribution in [0.3, 0.4) is 0 Å². The Bertz CT molecular complexity index is 181. The van der Waals surface area contributed by atoms with Gasteiger partial charge in [0.05, 0.1) is 24.7 Å². The third-order valence-corrected chi connectivity index (χ3v) is 1.76. The standard InChI is InChI=1S/C6H8BNO3/c7-6-3(1-8)5(10)4(2-9)11-6/h3-6,9-10H,2H2/t3-,4+,5?,6+/m0/s1. The fourth-order valence-corrected chi connectivity index (χ4v) is 1.09. The number of nitriles is 1. The Balaban J connectivity index is 2.64. The van der Waals surface area contributed by atoms with E-state index in [9.17, 15) is 5.11 Å². The molecule has 0 bridgehead atoms. The molecule has 0 spiro atoms. The Morgan fingerprint density at radius 2 is 2.27 bits per heavy atom. The number of aliphatic hydroxyl groups is 2. The molecule has 4 nitrogen and oxygen atoms in total. The first-order valence-electron chi connectivity index (χ1n) is 3.30. The van der Waals surface area contributed by atoms with Crippen LogP contribution in [0.4, 0.5) is 0 Å². The van der Waals surface area contributed by atoms with Crippen LogP contribution < -0.4 is 0 Å². The minimum atomic E-state index is -0.972. The van der Waals surface area contributed by atoms with Gasteiger partial charge in [-0.15, -0.1) is 0 Å². The Morgan fingerprint density at radius 1 is 1.64 bits per heavy atom. The minimum absolute atomic E-state index is 0.312. The van der Waals surface area contributed by atoms with Crippen LogP contribution in [0.25, 0.3) is 0 Å². The molecule has 2 N–H and O–H groups in total. The van der Waals surface area contributed by atoms with Gasteiger partial charge < -0.3 is 14.9 Å². The van der Waals surface area contributed by atoms with E-state index in [1.165, 1.54) is 0 Å². The fourth-order valence-electron chi connectivity index (χ4n) is 1.09. The summed E-state index contributed by atoms with van der Waals surface area (Å²) in [4.78, 5) is 0. The highest BCUT2D eigenvalue weighted by Crippen LogP contribution is 2.24. The third-order valence-electron chi connectivity index (χ3n) is 1.76. The molecule has 1 unspecified atom stereocenters. The summed E-state index contributed by atoms with van der Waals surface area (Å²) in [6.45, 7) is -0.312. The smallest absolute Gasteiger partial charge is 0.110 e. The average Bonchev–Trinajstić information content (AvgIpc) is 2.26. The first kappa shape index (κ1) is 8.53. The highest BCUT2D eigenvalue weighted by molar-refractivity contribution is 6.11. The second kappa shape index (κ2) is 3.22. The molecule has 11 heavy (non-hydrogen) atoms. The van der Waals surface area contributed by atoms with E-state index in [4.69, 9.17) is 23.0 Å². The zero-order valence-corrected chi connectivity index (χ0v) is 5.84. The number of aliphatic hydroxyl groups excluding tert-OH is 2. The van der Waals surface area contributed by atoms with Gasteiger partial charge in [-0.05, 0) is 0 Å². The lowest BCUT2D eigenvalue weighted by molar-refractivity contribution is -0.00459. The van der Waals surface area contributed by atoms with E-state index < -0.39 is 24.1 Å². The summed E-state index contributed by atoms with van der Waals surface area (Å²) in [5.74, 6) is -0.729. The summed E-state index contributed by atoms with van der Waals surface area (Å²) in [6.07, 6.45) is -1.69. The van der Waals surface area contributed by atoms with E-state index in [-0.39, 0.29) is 6.61 Å². The molecular weight excluding hydrogens is 145 g/mol. The van der Waals surface area contributed by atoms with Crippen molar-refractivity contribution in [2.75, 3.05) is 6.61 Å². The van der Waals surface area contributed by atoms with Crippen molar-refractivity contribution < 1.29 is 14.9 Å². The van der Waals surface area contributed by atoms with E-state index >= 15 is 0 Å². The summed E-state index contributed by atoms with van der Waals surface area (Å²) < 4.78 is 4.88. The average molecular weight is 153 g/mol. The predicted octanol–water partition coefficient (Wildman–Crippen LogP) is -1.63.